The number of anilines is 4. The number of imide groups is 2. The zero-order valence-corrected chi connectivity index (χ0v) is 39.0. The van der Waals surface area contributed by atoms with Gasteiger partial charge in [-0.2, -0.15) is 13.2 Å². The van der Waals surface area contributed by atoms with Crippen LogP contribution in [0.1, 0.15) is 116 Å². The van der Waals surface area contributed by atoms with Crippen LogP contribution < -0.4 is 31.5 Å². The molecule has 0 bridgehead atoms. The number of nitrogens with one attached hydrogen (secondary N) is 5. The molecule has 378 valence electrons. The number of hydrogen-bond donors (Lipinski definition) is 5. The van der Waals surface area contributed by atoms with Crippen molar-refractivity contribution >= 4 is 65.0 Å². The number of pyridine rings is 2. The van der Waals surface area contributed by atoms with Crippen molar-refractivity contribution < 1.29 is 55.5 Å². The smallest absolute Gasteiger partial charge is 0.376 e. The predicted molar refractivity (Wildman–Crippen MR) is 248 cm³/mol. The van der Waals surface area contributed by atoms with Crippen LogP contribution in [0.15, 0.2) is 48.7 Å². The Labute approximate surface area is 402 Å². The average Bonchev–Trinajstić information content (AvgIpc) is 3.70. The van der Waals surface area contributed by atoms with Crippen molar-refractivity contribution in [2.45, 2.75) is 114 Å². The molecule has 3 aliphatic heterocycles. The number of hydrogen-bond acceptors (Lipinski definition) is 12. The number of amides is 7. The Bertz CT molecular complexity index is 2380. The number of unbranched alkanes of at least 4 members (excludes halogenated alkanes) is 4. The van der Waals surface area contributed by atoms with Crippen LogP contribution >= 0.6 is 0 Å². The van der Waals surface area contributed by atoms with E-state index in [9.17, 15) is 55.5 Å². The molecular weight excluding hydrogens is 924 g/mol. The van der Waals surface area contributed by atoms with Gasteiger partial charge in [0.15, 0.2) is 0 Å². The molecule has 5 heterocycles. The zero-order chi connectivity index (χ0) is 50.4. The van der Waals surface area contributed by atoms with Crippen molar-refractivity contribution in [2.24, 2.45) is 0 Å². The normalized spacial score (nSPS) is 17.1. The largest absolute Gasteiger partial charge is 0.416 e. The lowest BCUT2D eigenvalue weighted by Crippen LogP contribution is -2.53. The highest BCUT2D eigenvalue weighted by Gasteiger charge is 2.40. The molecule has 1 aromatic carbocycles. The minimum absolute atomic E-state index is 0.000976. The van der Waals surface area contributed by atoms with Crippen LogP contribution in [0.5, 0.6) is 0 Å². The van der Waals surface area contributed by atoms with Crippen molar-refractivity contribution in [3.8, 4) is 0 Å². The van der Waals surface area contributed by atoms with E-state index >= 15 is 0 Å². The number of aromatic nitrogens is 2. The number of likely N-dealkylation sites (tertiary alicyclic amines) is 1. The van der Waals surface area contributed by atoms with E-state index < -0.39 is 48.0 Å². The number of carbonyl (C=O) groups excluding carboxylic acids is 7. The molecule has 3 aromatic rings. The van der Waals surface area contributed by atoms with Gasteiger partial charge in [0.05, 0.1) is 18.7 Å². The molecule has 17 nitrogen and oxygen atoms in total. The van der Waals surface area contributed by atoms with Gasteiger partial charge in [0.2, 0.25) is 35.9 Å². The number of halogens is 5. The molecule has 3 saturated heterocycles. The van der Waals surface area contributed by atoms with E-state index in [-0.39, 0.29) is 79.6 Å². The lowest BCUT2D eigenvalue weighted by Gasteiger charge is -2.33. The summed E-state index contributed by atoms with van der Waals surface area (Å²) in [5, 5.41) is 13.7. The first-order valence-electron chi connectivity index (χ1n) is 23.6. The van der Waals surface area contributed by atoms with Crippen LogP contribution in [0.3, 0.4) is 0 Å². The Morgan fingerprint density at radius 1 is 0.886 bits per heavy atom. The second kappa shape index (κ2) is 24.2. The number of rotatable bonds is 22. The van der Waals surface area contributed by atoms with Crippen molar-refractivity contribution in [1.82, 2.24) is 35.7 Å². The third-order valence-corrected chi connectivity index (χ3v) is 12.7. The number of alkyl halides is 5. The minimum Gasteiger partial charge on any atom is -0.376 e. The number of piperidine rings is 2. The van der Waals surface area contributed by atoms with E-state index in [2.05, 4.69) is 36.6 Å². The Morgan fingerprint density at radius 2 is 1.60 bits per heavy atom. The van der Waals surface area contributed by atoms with Gasteiger partial charge in [-0.25, -0.2) is 18.7 Å². The van der Waals surface area contributed by atoms with Gasteiger partial charge < -0.3 is 31.1 Å². The highest BCUT2D eigenvalue weighted by atomic mass is 19.4. The maximum atomic E-state index is 14.2. The maximum Gasteiger partial charge on any atom is 0.416 e. The van der Waals surface area contributed by atoms with Crippen molar-refractivity contribution in [3.05, 3.63) is 70.9 Å². The summed E-state index contributed by atoms with van der Waals surface area (Å²) in [6.45, 7) is 2.93. The molecule has 0 aliphatic carbocycles. The summed E-state index contributed by atoms with van der Waals surface area (Å²) in [6, 6.07) is 8.83. The van der Waals surface area contributed by atoms with Crippen LogP contribution in [-0.2, 0) is 34.9 Å². The Morgan fingerprint density at radius 3 is 2.27 bits per heavy atom. The lowest BCUT2D eigenvalue weighted by molar-refractivity contribution is -0.139. The summed E-state index contributed by atoms with van der Waals surface area (Å²) in [5.41, 5.74) is 1.02. The summed E-state index contributed by atoms with van der Waals surface area (Å²) in [5.74, 6) is -4.75. The average molecular weight is 983 g/mol. The first-order chi connectivity index (χ1) is 33.4. The SMILES string of the molecule is Cc1c(NCC(=O)NCCCCNC(=O)CCCCCCC(=O)N2CCC(c3cc(Nc4cc(C(F)(F)F)ccn4)nc(N4CCC(F)(F)C4)c3)CC2)cccc1C(=O)N(C=O)C1CCC(=O)NC1=O. The van der Waals surface area contributed by atoms with Gasteiger partial charge in [-0.05, 0) is 105 Å². The molecule has 70 heavy (non-hydrogen) atoms. The summed E-state index contributed by atoms with van der Waals surface area (Å²) in [7, 11) is 0. The Kier molecular flexibility index (Phi) is 18.2. The molecule has 3 aliphatic rings. The van der Waals surface area contributed by atoms with Gasteiger partial charge in [-0.1, -0.05) is 18.9 Å². The van der Waals surface area contributed by atoms with Gasteiger partial charge in [-0.3, -0.25) is 43.8 Å². The molecule has 1 unspecified atom stereocenters. The van der Waals surface area contributed by atoms with Gasteiger partial charge in [0.1, 0.15) is 23.5 Å². The van der Waals surface area contributed by atoms with E-state index in [1.165, 1.54) is 11.0 Å². The summed E-state index contributed by atoms with van der Waals surface area (Å²) in [4.78, 5) is 99.4. The van der Waals surface area contributed by atoms with Crippen LogP contribution in [-0.4, -0.2) is 119 Å². The quantitative estimate of drug-likeness (QED) is 0.0341. The summed E-state index contributed by atoms with van der Waals surface area (Å²) < 4.78 is 68.4. The molecule has 5 N–H and O–H groups in total. The van der Waals surface area contributed by atoms with Gasteiger partial charge >= 0.3 is 6.18 Å². The number of benzene rings is 1. The van der Waals surface area contributed by atoms with Crippen molar-refractivity contribution in [1.29, 1.82) is 0 Å². The van der Waals surface area contributed by atoms with E-state index in [0.717, 1.165) is 41.6 Å². The first-order valence-corrected chi connectivity index (χ1v) is 23.6. The van der Waals surface area contributed by atoms with Gasteiger partial charge in [-0.15, -0.1) is 0 Å². The first kappa shape index (κ1) is 52.6. The van der Waals surface area contributed by atoms with Crippen molar-refractivity contribution in [2.75, 3.05) is 61.3 Å². The standard InChI is InChI=1S/C48H59F5N10O7/c1-31-35(46(70)63(30-64)37-13-14-42(66)60-45(37)69)9-8-10-36(31)57-28-43(67)56-20-7-6-19-55-41(65)11-4-2-3-5-12-44(68)61-22-16-32(17-23-61)33-25-39(58-38-27-34(15-21-54-38)48(51,52)53)59-40(26-33)62-24-18-47(49,50)29-62/h8-10,15,21,25-27,30,32,37,57H,2-7,11-14,16-20,22-24,28-29H2,1H3,(H,55,65)(H,56,67)(H,54,58,59)(H,60,66,69). The molecule has 7 amide bonds. The van der Waals surface area contributed by atoms with Crippen LogP contribution in [0, 0.1) is 6.92 Å². The van der Waals surface area contributed by atoms with Crippen LogP contribution in [0.4, 0.5) is 45.1 Å². The predicted octanol–water partition coefficient (Wildman–Crippen LogP) is 5.97. The Hall–Kier alpha value is -6.74. The second-order valence-corrected chi connectivity index (χ2v) is 17.8. The second-order valence-electron chi connectivity index (χ2n) is 17.8. The topological polar surface area (TPSA) is 215 Å². The van der Waals surface area contributed by atoms with Crippen molar-refractivity contribution in [3.63, 3.8) is 0 Å². The molecule has 0 radical (unpaired) electrons. The van der Waals surface area contributed by atoms with Gasteiger partial charge in [0.25, 0.3) is 11.8 Å². The van der Waals surface area contributed by atoms with E-state index in [1.54, 1.807) is 31.2 Å². The molecule has 22 heteroatoms. The zero-order valence-electron chi connectivity index (χ0n) is 39.0. The molecular formula is C48H59F5N10O7. The fourth-order valence-electron chi connectivity index (χ4n) is 8.71. The molecule has 6 rings (SSSR count). The third kappa shape index (κ3) is 14.9. The Balaban J connectivity index is 0.824. The van der Waals surface area contributed by atoms with Gasteiger partial charge in [0, 0.05) is 75.9 Å². The monoisotopic (exact) mass is 982 g/mol. The van der Waals surface area contributed by atoms with Crippen LogP contribution in [0.25, 0.3) is 0 Å². The fraction of sp³-hybridized carbons (Fsp3) is 0.521. The van der Waals surface area contributed by atoms with Crippen LogP contribution in [0.2, 0.25) is 0 Å². The van der Waals surface area contributed by atoms with E-state index in [1.807, 2.05) is 4.90 Å². The summed E-state index contributed by atoms with van der Waals surface area (Å²) in [6.07, 6.45) is 2.53. The number of nitrogens with zero attached hydrogens (tertiary/aromatic N) is 5. The summed E-state index contributed by atoms with van der Waals surface area (Å²) >= 11 is 0. The highest BCUT2D eigenvalue weighted by Crippen LogP contribution is 2.37. The molecule has 2 aromatic heterocycles. The molecule has 0 spiro atoms. The minimum atomic E-state index is -4.58. The highest BCUT2D eigenvalue weighted by molar-refractivity contribution is 6.08. The molecule has 0 saturated carbocycles. The lowest BCUT2D eigenvalue weighted by atomic mass is 9.89. The fourth-order valence-corrected chi connectivity index (χ4v) is 8.71. The number of carbonyl (C=O) groups is 7. The van der Waals surface area contributed by atoms with E-state index in [0.29, 0.717) is 94.6 Å². The molecule has 3 fully saturated rings. The maximum absolute atomic E-state index is 14.2. The molecule has 1 atom stereocenters. The van der Waals surface area contributed by atoms with E-state index in [4.69, 9.17) is 0 Å². The third-order valence-electron chi connectivity index (χ3n) is 12.7.